The van der Waals surface area contributed by atoms with Crippen molar-refractivity contribution in [3.63, 3.8) is 0 Å². The molecule has 4 nitrogen and oxygen atoms in total. The minimum Gasteiger partial charge on any atom is -0.351 e. The maximum Gasteiger partial charge on any atom is 0.271 e. The number of carbonyl (C=O) groups excluding carboxylic acids is 1. The highest BCUT2D eigenvalue weighted by Gasteiger charge is 2.15. The van der Waals surface area contributed by atoms with Gasteiger partial charge in [-0.25, -0.2) is 5.43 Å². The van der Waals surface area contributed by atoms with E-state index in [1.54, 1.807) is 12.3 Å². The van der Waals surface area contributed by atoms with Crippen LogP contribution in [0.2, 0.25) is 0 Å². The summed E-state index contributed by atoms with van der Waals surface area (Å²) < 4.78 is 3.29. The maximum atomic E-state index is 12.0. The molecule has 1 aromatic heterocycles. The summed E-state index contributed by atoms with van der Waals surface area (Å²) in [5.74, 6) is -0.190. The molecule has 0 atom stereocenters. The van der Waals surface area contributed by atoms with Gasteiger partial charge < -0.3 is 4.57 Å². The van der Waals surface area contributed by atoms with Crippen molar-refractivity contribution in [3.05, 3.63) is 57.4 Å². The molecule has 0 saturated heterocycles. The van der Waals surface area contributed by atoms with Crippen LogP contribution in [0.25, 0.3) is 0 Å². The van der Waals surface area contributed by atoms with E-state index >= 15 is 0 Å². The van der Waals surface area contributed by atoms with Gasteiger partial charge in [0, 0.05) is 33.1 Å². The third kappa shape index (κ3) is 3.76. The SMILES string of the molecule is O=C(N/N=C\c1ccn(C2CCCC2)c1)c1cccc(I)c1. The first kappa shape index (κ1) is 15.3. The Hall–Kier alpha value is -1.63. The highest BCUT2D eigenvalue weighted by atomic mass is 127. The van der Waals surface area contributed by atoms with Crippen molar-refractivity contribution < 1.29 is 4.79 Å². The molecule has 0 aliphatic heterocycles. The van der Waals surface area contributed by atoms with Crippen molar-refractivity contribution >= 4 is 34.7 Å². The summed E-state index contributed by atoms with van der Waals surface area (Å²) in [7, 11) is 0. The van der Waals surface area contributed by atoms with Gasteiger partial charge in [0.15, 0.2) is 0 Å². The van der Waals surface area contributed by atoms with E-state index in [1.807, 2.05) is 24.3 Å². The van der Waals surface area contributed by atoms with Crippen LogP contribution in [0.3, 0.4) is 0 Å². The molecule has 1 aromatic carbocycles. The van der Waals surface area contributed by atoms with Crippen LogP contribution < -0.4 is 5.43 Å². The van der Waals surface area contributed by atoms with Crippen molar-refractivity contribution in [3.8, 4) is 0 Å². The molecule has 5 heteroatoms. The lowest BCUT2D eigenvalue weighted by Gasteiger charge is -2.10. The summed E-state index contributed by atoms with van der Waals surface area (Å²) in [5, 5.41) is 4.05. The van der Waals surface area contributed by atoms with E-state index in [-0.39, 0.29) is 5.91 Å². The van der Waals surface area contributed by atoms with Crippen LogP contribution in [-0.2, 0) is 0 Å². The lowest BCUT2D eigenvalue weighted by atomic mass is 10.2. The molecule has 0 radical (unpaired) electrons. The Bertz CT molecular complexity index is 687. The average Bonchev–Trinajstić information content (AvgIpc) is 3.18. The van der Waals surface area contributed by atoms with E-state index in [0.717, 1.165) is 9.13 Å². The van der Waals surface area contributed by atoms with Crippen LogP contribution in [-0.4, -0.2) is 16.7 Å². The van der Waals surface area contributed by atoms with Crippen molar-refractivity contribution in [2.45, 2.75) is 31.7 Å². The number of hydrogen-bond acceptors (Lipinski definition) is 2. The Labute approximate surface area is 143 Å². The van der Waals surface area contributed by atoms with E-state index in [2.05, 4.69) is 50.1 Å². The van der Waals surface area contributed by atoms with Gasteiger partial charge in [-0.1, -0.05) is 18.9 Å². The summed E-state index contributed by atoms with van der Waals surface area (Å²) in [5.41, 5.74) is 4.20. The number of nitrogens with one attached hydrogen (secondary N) is 1. The minimum atomic E-state index is -0.190. The molecule has 1 amide bonds. The number of halogens is 1. The Kier molecular flexibility index (Phi) is 4.92. The van der Waals surface area contributed by atoms with Crippen molar-refractivity contribution in [1.29, 1.82) is 0 Å². The van der Waals surface area contributed by atoms with Crippen LogP contribution in [0.15, 0.2) is 47.8 Å². The molecule has 22 heavy (non-hydrogen) atoms. The molecule has 1 aliphatic carbocycles. The van der Waals surface area contributed by atoms with Crippen LogP contribution >= 0.6 is 22.6 Å². The summed E-state index contributed by atoms with van der Waals surface area (Å²) >= 11 is 2.19. The second-order valence-electron chi connectivity index (χ2n) is 5.54. The molecule has 0 bridgehead atoms. The lowest BCUT2D eigenvalue weighted by Crippen LogP contribution is -2.17. The van der Waals surface area contributed by atoms with Gasteiger partial charge in [0.05, 0.1) is 6.21 Å². The highest BCUT2D eigenvalue weighted by molar-refractivity contribution is 14.1. The molecule has 1 heterocycles. The van der Waals surface area contributed by atoms with Gasteiger partial charge in [0.25, 0.3) is 5.91 Å². The standard InChI is InChI=1S/C17H18IN3O/c18-15-5-3-4-14(10-15)17(22)20-19-11-13-8-9-21(12-13)16-6-1-2-7-16/h3-5,8-12,16H,1-2,6-7H2,(H,20,22)/b19-11-. The Morgan fingerprint density at radius 3 is 2.91 bits per heavy atom. The summed E-state index contributed by atoms with van der Waals surface area (Å²) in [6, 6.07) is 10.1. The molecular weight excluding hydrogens is 389 g/mol. The van der Waals surface area contributed by atoms with Crippen molar-refractivity contribution in [1.82, 2.24) is 9.99 Å². The van der Waals surface area contributed by atoms with E-state index < -0.39 is 0 Å². The molecule has 3 rings (SSSR count). The molecule has 0 spiro atoms. The zero-order valence-corrected chi connectivity index (χ0v) is 14.4. The van der Waals surface area contributed by atoms with E-state index in [0.29, 0.717) is 11.6 Å². The van der Waals surface area contributed by atoms with E-state index in [9.17, 15) is 4.79 Å². The second-order valence-corrected chi connectivity index (χ2v) is 6.79. The number of carbonyl (C=O) groups is 1. The summed E-state index contributed by atoms with van der Waals surface area (Å²) in [6.07, 6.45) is 11.0. The normalized spacial score (nSPS) is 15.5. The zero-order chi connectivity index (χ0) is 15.4. The molecule has 1 N–H and O–H groups in total. The number of benzene rings is 1. The highest BCUT2D eigenvalue weighted by Crippen LogP contribution is 2.29. The Morgan fingerprint density at radius 1 is 1.32 bits per heavy atom. The number of nitrogens with zero attached hydrogens (tertiary/aromatic N) is 2. The van der Waals surface area contributed by atoms with Crippen LogP contribution in [0.5, 0.6) is 0 Å². The number of hydrazone groups is 1. The van der Waals surface area contributed by atoms with Crippen molar-refractivity contribution in [2.24, 2.45) is 5.10 Å². The minimum absolute atomic E-state index is 0.190. The number of aromatic nitrogens is 1. The van der Waals surface area contributed by atoms with Crippen molar-refractivity contribution in [2.75, 3.05) is 0 Å². The lowest BCUT2D eigenvalue weighted by molar-refractivity contribution is 0.0955. The first-order chi connectivity index (χ1) is 10.7. The molecular formula is C17H18IN3O. The summed E-state index contributed by atoms with van der Waals surface area (Å²) in [6.45, 7) is 0. The first-order valence-electron chi connectivity index (χ1n) is 7.49. The van der Waals surface area contributed by atoms with E-state index in [1.165, 1.54) is 25.7 Å². The van der Waals surface area contributed by atoms with Gasteiger partial charge in [0.1, 0.15) is 0 Å². The molecule has 1 saturated carbocycles. The van der Waals surface area contributed by atoms with Crippen LogP contribution in [0.1, 0.15) is 47.6 Å². The number of rotatable bonds is 4. The first-order valence-corrected chi connectivity index (χ1v) is 8.57. The zero-order valence-electron chi connectivity index (χ0n) is 12.2. The second kappa shape index (κ2) is 7.09. The molecule has 114 valence electrons. The number of hydrogen-bond donors (Lipinski definition) is 1. The largest absolute Gasteiger partial charge is 0.351 e. The predicted octanol–water partition coefficient (Wildman–Crippen LogP) is 3.97. The predicted molar refractivity (Wildman–Crippen MR) is 96.2 cm³/mol. The third-order valence-electron chi connectivity index (χ3n) is 3.95. The topological polar surface area (TPSA) is 46.4 Å². The molecule has 1 aliphatic rings. The van der Waals surface area contributed by atoms with Crippen LogP contribution in [0.4, 0.5) is 0 Å². The smallest absolute Gasteiger partial charge is 0.271 e. The third-order valence-corrected chi connectivity index (χ3v) is 4.62. The quantitative estimate of drug-likeness (QED) is 0.466. The fraction of sp³-hybridized carbons (Fsp3) is 0.294. The fourth-order valence-corrected chi connectivity index (χ4v) is 3.34. The molecule has 2 aromatic rings. The molecule has 1 fully saturated rings. The Balaban J connectivity index is 1.59. The van der Waals surface area contributed by atoms with Gasteiger partial charge in [0.2, 0.25) is 0 Å². The fourth-order valence-electron chi connectivity index (χ4n) is 2.80. The Morgan fingerprint density at radius 2 is 2.14 bits per heavy atom. The average molecular weight is 407 g/mol. The molecule has 0 unspecified atom stereocenters. The van der Waals surface area contributed by atoms with E-state index in [4.69, 9.17) is 0 Å². The number of amides is 1. The van der Waals surface area contributed by atoms with Crippen LogP contribution in [0, 0.1) is 3.57 Å². The monoisotopic (exact) mass is 407 g/mol. The summed E-state index contributed by atoms with van der Waals surface area (Å²) in [4.78, 5) is 12.0. The maximum absolute atomic E-state index is 12.0. The van der Waals surface area contributed by atoms with Gasteiger partial charge >= 0.3 is 0 Å². The van der Waals surface area contributed by atoms with Gasteiger partial charge in [-0.15, -0.1) is 0 Å². The van der Waals surface area contributed by atoms with Gasteiger partial charge in [-0.2, -0.15) is 5.10 Å². The van der Waals surface area contributed by atoms with Gasteiger partial charge in [-0.3, -0.25) is 4.79 Å². The van der Waals surface area contributed by atoms with Gasteiger partial charge in [-0.05, 0) is 59.7 Å².